The van der Waals surface area contributed by atoms with Crippen LogP contribution >= 0.6 is 11.6 Å². The van der Waals surface area contributed by atoms with Crippen molar-refractivity contribution in [3.63, 3.8) is 0 Å². The molecule has 0 aliphatic heterocycles. The van der Waals surface area contributed by atoms with E-state index in [2.05, 4.69) is 20.3 Å². The van der Waals surface area contributed by atoms with E-state index in [1.807, 2.05) is 14.0 Å². The van der Waals surface area contributed by atoms with Gasteiger partial charge in [-0.2, -0.15) is 0 Å². The van der Waals surface area contributed by atoms with Crippen LogP contribution in [-0.2, 0) is 6.54 Å². The average molecular weight is 249 g/mol. The zero-order chi connectivity index (χ0) is 12.3. The summed E-state index contributed by atoms with van der Waals surface area (Å²) in [5.41, 5.74) is 2.63. The molecule has 17 heavy (non-hydrogen) atoms. The second-order valence-corrected chi connectivity index (χ2v) is 4.08. The van der Waals surface area contributed by atoms with Crippen molar-refractivity contribution in [3.05, 3.63) is 40.8 Å². The Hall–Kier alpha value is -1.52. The standard InChI is InChI=1S/C12H13ClN4/c1-8-9(6-14-2)7-16-12(17-8)11-10(13)4-3-5-15-11/h3-5,7,14H,6H2,1-2H3. The fraction of sp³-hybridized carbons (Fsp3) is 0.250. The molecule has 2 aromatic rings. The number of nitrogens with zero attached hydrogens (tertiary/aromatic N) is 3. The molecule has 0 amide bonds. The molecule has 0 aliphatic carbocycles. The van der Waals surface area contributed by atoms with E-state index in [-0.39, 0.29) is 0 Å². The molecule has 0 fully saturated rings. The Morgan fingerprint density at radius 2 is 2.18 bits per heavy atom. The SMILES string of the molecule is CNCc1cnc(-c2ncccc2Cl)nc1C. The first-order chi connectivity index (χ1) is 8.22. The molecule has 88 valence electrons. The van der Waals surface area contributed by atoms with Crippen molar-refractivity contribution in [2.75, 3.05) is 7.05 Å². The Kier molecular flexibility index (Phi) is 3.66. The maximum atomic E-state index is 6.06. The highest BCUT2D eigenvalue weighted by Crippen LogP contribution is 2.22. The Morgan fingerprint density at radius 3 is 2.82 bits per heavy atom. The lowest BCUT2D eigenvalue weighted by molar-refractivity contribution is 0.797. The minimum atomic E-state index is 0.563. The Labute approximate surface area is 105 Å². The molecule has 2 aromatic heterocycles. The third kappa shape index (κ3) is 2.60. The summed E-state index contributed by atoms with van der Waals surface area (Å²) in [5.74, 6) is 0.563. The van der Waals surface area contributed by atoms with Gasteiger partial charge in [-0.25, -0.2) is 9.97 Å². The van der Waals surface area contributed by atoms with Gasteiger partial charge in [0.15, 0.2) is 5.82 Å². The van der Waals surface area contributed by atoms with Crippen molar-refractivity contribution >= 4 is 11.6 Å². The third-order valence-electron chi connectivity index (χ3n) is 2.42. The predicted molar refractivity (Wildman–Crippen MR) is 67.8 cm³/mol. The molecule has 5 heteroatoms. The fourth-order valence-corrected chi connectivity index (χ4v) is 1.73. The number of hydrogen-bond acceptors (Lipinski definition) is 4. The number of pyridine rings is 1. The summed E-state index contributed by atoms with van der Waals surface area (Å²) >= 11 is 6.06. The van der Waals surface area contributed by atoms with Gasteiger partial charge in [-0.3, -0.25) is 4.98 Å². The van der Waals surface area contributed by atoms with Gasteiger partial charge in [0.05, 0.1) is 5.02 Å². The lowest BCUT2D eigenvalue weighted by Crippen LogP contribution is -2.09. The van der Waals surface area contributed by atoms with E-state index in [0.717, 1.165) is 17.8 Å². The van der Waals surface area contributed by atoms with Gasteiger partial charge in [-0.15, -0.1) is 0 Å². The van der Waals surface area contributed by atoms with Crippen molar-refractivity contribution in [1.29, 1.82) is 0 Å². The normalized spacial score (nSPS) is 10.5. The Bertz CT molecular complexity index is 528. The summed E-state index contributed by atoms with van der Waals surface area (Å²) in [4.78, 5) is 12.9. The van der Waals surface area contributed by atoms with Crippen LogP contribution in [-0.4, -0.2) is 22.0 Å². The van der Waals surface area contributed by atoms with E-state index in [4.69, 9.17) is 11.6 Å². The molecule has 0 atom stereocenters. The minimum absolute atomic E-state index is 0.563. The molecule has 2 heterocycles. The highest BCUT2D eigenvalue weighted by Gasteiger charge is 2.09. The van der Waals surface area contributed by atoms with E-state index in [9.17, 15) is 0 Å². The molecule has 0 unspecified atom stereocenters. The van der Waals surface area contributed by atoms with Crippen molar-refractivity contribution in [2.24, 2.45) is 0 Å². The van der Waals surface area contributed by atoms with Crippen molar-refractivity contribution < 1.29 is 0 Å². The number of halogens is 1. The summed E-state index contributed by atoms with van der Waals surface area (Å²) in [6, 6.07) is 3.57. The van der Waals surface area contributed by atoms with Crippen LogP contribution in [0.1, 0.15) is 11.3 Å². The molecule has 0 aromatic carbocycles. The first-order valence-corrected chi connectivity index (χ1v) is 5.68. The molecule has 0 saturated heterocycles. The maximum Gasteiger partial charge on any atom is 0.179 e. The molecule has 0 radical (unpaired) electrons. The van der Waals surface area contributed by atoms with Crippen LogP contribution in [0.3, 0.4) is 0 Å². The monoisotopic (exact) mass is 248 g/mol. The van der Waals surface area contributed by atoms with Crippen LogP contribution in [0.5, 0.6) is 0 Å². The van der Waals surface area contributed by atoms with Gasteiger partial charge in [0.2, 0.25) is 0 Å². The molecule has 0 bridgehead atoms. The van der Waals surface area contributed by atoms with E-state index in [1.54, 1.807) is 24.5 Å². The second-order valence-electron chi connectivity index (χ2n) is 3.67. The first kappa shape index (κ1) is 12.0. The Morgan fingerprint density at radius 1 is 1.35 bits per heavy atom. The second kappa shape index (κ2) is 5.21. The average Bonchev–Trinajstić information content (AvgIpc) is 2.33. The smallest absolute Gasteiger partial charge is 0.179 e. The van der Waals surface area contributed by atoms with Gasteiger partial charge in [-0.05, 0) is 26.1 Å². The minimum Gasteiger partial charge on any atom is -0.316 e. The summed E-state index contributed by atoms with van der Waals surface area (Å²) in [6.07, 6.45) is 3.49. The van der Waals surface area contributed by atoms with Gasteiger partial charge >= 0.3 is 0 Å². The van der Waals surface area contributed by atoms with E-state index in [0.29, 0.717) is 16.5 Å². The van der Waals surface area contributed by atoms with Crippen molar-refractivity contribution in [1.82, 2.24) is 20.3 Å². The van der Waals surface area contributed by atoms with Gasteiger partial charge in [0.1, 0.15) is 5.69 Å². The van der Waals surface area contributed by atoms with Crippen LogP contribution in [0.2, 0.25) is 5.02 Å². The van der Waals surface area contributed by atoms with Crippen LogP contribution < -0.4 is 5.32 Å². The Balaban J connectivity index is 2.41. The molecule has 0 saturated carbocycles. The van der Waals surface area contributed by atoms with E-state index < -0.39 is 0 Å². The molecular weight excluding hydrogens is 236 g/mol. The lowest BCUT2D eigenvalue weighted by Gasteiger charge is -2.06. The number of aryl methyl sites for hydroxylation is 1. The molecular formula is C12H13ClN4. The molecule has 0 spiro atoms. The van der Waals surface area contributed by atoms with Gasteiger partial charge in [-0.1, -0.05) is 11.6 Å². The van der Waals surface area contributed by atoms with Crippen molar-refractivity contribution in [3.8, 4) is 11.5 Å². The number of rotatable bonds is 3. The van der Waals surface area contributed by atoms with Gasteiger partial charge < -0.3 is 5.32 Å². The largest absolute Gasteiger partial charge is 0.316 e. The maximum absolute atomic E-state index is 6.06. The number of aromatic nitrogens is 3. The topological polar surface area (TPSA) is 50.7 Å². The molecule has 0 aliphatic rings. The highest BCUT2D eigenvalue weighted by molar-refractivity contribution is 6.32. The van der Waals surface area contributed by atoms with Crippen LogP contribution in [0.15, 0.2) is 24.5 Å². The lowest BCUT2D eigenvalue weighted by atomic mass is 10.2. The zero-order valence-electron chi connectivity index (χ0n) is 9.74. The number of nitrogens with one attached hydrogen (secondary N) is 1. The number of hydrogen-bond donors (Lipinski definition) is 1. The molecule has 4 nitrogen and oxygen atoms in total. The van der Waals surface area contributed by atoms with E-state index in [1.165, 1.54) is 0 Å². The van der Waals surface area contributed by atoms with Crippen LogP contribution in [0.4, 0.5) is 0 Å². The van der Waals surface area contributed by atoms with Crippen LogP contribution in [0.25, 0.3) is 11.5 Å². The fourth-order valence-electron chi connectivity index (χ4n) is 1.52. The first-order valence-electron chi connectivity index (χ1n) is 5.30. The summed E-state index contributed by atoms with van der Waals surface area (Å²) in [5, 5.41) is 3.64. The highest BCUT2D eigenvalue weighted by atomic mass is 35.5. The summed E-state index contributed by atoms with van der Waals surface area (Å²) in [7, 11) is 1.89. The summed E-state index contributed by atoms with van der Waals surface area (Å²) in [6.45, 7) is 2.71. The third-order valence-corrected chi connectivity index (χ3v) is 2.72. The quantitative estimate of drug-likeness (QED) is 0.905. The van der Waals surface area contributed by atoms with Gasteiger partial charge in [0.25, 0.3) is 0 Å². The van der Waals surface area contributed by atoms with Gasteiger partial charge in [0, 0.05) is 30.2 Å². The molecule has 2 rings (SSSR count). The molecule has 1 N–H and O–H groups in total. The summed E-state index contributed by atoms with van der Waals surface area (Å²) < 4.78 is 0. The van der Waals surface area contributed by atoms with Crippen molar-refractivity contribution in [2.45, 2.75) is 13.5 Å². The zero-order valence-corrected chi connectivity index (χ0v) is 10.5. The predicted octanol–water partition coefficient (Wildman–Crippen LogP) is 2.22. The van der Waals surface area contributed by atoms with Crippen LogP contribution in [0, 0.1) is 6.92 Å². The van der Waals surface area contributed by atoms with E-state index >= 15 is 0 Å².